The summed E-state index contributed by atoms with van der Waals surface area (Å²) in [5.41, 5.74) is 11.6. The molecule has 1 aliphatic heterocycles. The van der Waals surface area contributed by atoms with Crippen LogP contribution in [0.3, 0.4) is 0 Å². The standard InChI is InChI=1S/C18H21N9OS/c1-25-7-13(19)14(24-25)8-27-10-28-9-15-12(6-21-27)17-18(26(15)2)22-16(29-17)5-11-3-4-20-23-11/h3-4,6-7H,5,8-10,19H2,1-2H3,(H,20,23). The van der Waals surface area contributed by atoms with E-state index < -0.39 is 0 Å². The van der Waals surface area contributed by atoms with Crippen molar-refractivity contribution in [2.45, 2.75) is 19.6 Å². The summed E-state index contributed by atoms with van der Waals surface area (Å²) in [4.78, 5) is 4.83. The highest BCUT2D eigenvalue weighted by molar-refractivity contribution is 7.19. The minimum atomic E-state index is 0.364. The number of nitrogens with two attached hydrogens (primary N) is 1. The number of nitrogen functional groups attached to an aromatic ring is 1. The topological polar surface area (TPSA) is 115 Å². The Morgan fingerprint density at radius 2 is 2.24 bits per heavy atom. The van der Waals surface area contributed by atoms with Crippen LogP contribution in [0.25, 0.3) is 10.3 Å². The SMILES string of the molecule is Cn1cc(N)c(CN2COCc3c(c4sc(Cc5ccn[nH]5)nc4n3C)C=N2)n1. The van der Waals surface area contributed by atoms with Crippen LogP contribution in [-0.4, -0.2) is 47.5 Å². The predicted octanol–water partition coefficient (Wildman–Crippen LogP) is 1.59. The van der Waals surface area contributed by atoms with Gasteiger partial charge in [-0.15, -0.1) is 11.3 Å². The largest absolute Gasteiger partial charge is 0.396 e. The van der Waals surface area contributed by atoms with E-state index in [0.717, 1.165) is 44.4 Å². The Morgan fingerprint density at radius 1 is 1.34 bits per heavy atom. The molecule has 0 aromatic carbocycles. The number of H-pyrrole nitrogens is 1. The van der Waals surface area contributed by atoms with E-state index >= 15 is 0 Å². The molecule has 150 valence electrons. The van der Waals surface area contributed by atoms with Crippen LogP contribution in [0.15, 0.2) is 23.6 Å². The van der Waals surface area contributed by atoms with E-state index in [-0.39, 0.29) is 0 Å². The maximum Gasteiger partial charge on any atom is 0.152 e. The van der Waals surface area contributed by atoms with Crippen LogP contribution >= 0.6 is 11.3 Å². The third kappa shape index (κ3) is 3.28. The molecule has 3 N–H and O–H groups in total. The zero-order chi connectivity index (χ0) is 20.0. The monoisotopic (exact) mass is 411 g/mol. The summed E-state index contributed by atoms with van der Waals surface area (Å²) in [5.74, 6) is 0. The van der Waals surface area contributed by atoms with Crippen LogP contribution in [0.1, 0.15) is 27.7 Å². The van der Waals surface area contributed by atoms with Crippen molar-refractivity contribution in [2.24, 2.45) is 19.2 Å². The summed E-state index contributed by atoms with van der Waals surface area (Å²) in [6, 6.07) is 1.97. The molecule has 0 bridgehead atoms. The number of rotatable bonds is 4. The molecule has 4 aromatic heterocycles. The van der Waals surface area contributed by atoms with Gasteiger partial charge in [0, 0.05) is 44.2 Å². The number of aromatic nitrogens is 6. The van der Waals surface area contributed by atoms with Crippen molar-refractivity contribution in [2.75, 3.05) is 12.5 Å². The number of thiazole rings is 1. The summed E-state index contributed by atoms with van der Waals surface area (Å²) < 4.78 is 10.8. The molecular weight excluding hydrogens is 390 g/mol. The number of hydrogen-bond acceptors (Lipinski definition) is 8. The Bertz CT molecular complexity index is 1180. The lowest BCUT2D eigenvalue weighted by atomic mass is 10.2. The predicted molar refractivity (Wildman–Crippen MR) is 110 cm³/mol. The molecule has 5 heterocycles. The van der Waals surface area contributed by atoms with Crippen molar-refractivity contribution < 1.29 is 4.74 Å². The highest BCUT2D eigenvalue weighted by Gasteiger charge is 2.21. The average molecular weight is 411 g/mol. The Morgan fingerprint density at radius 3 is 3.00 bits per heavy atom. The molecule has 0 amide bonds. The fourth-order valence-corrected chi connectivity index (χ4v) is 4.63. The van der Waals surface area contributed by atoms with Gasteiger partial charge in [0.05, 0.1) is 35.4 Å². The molecule has 0 fully saturated rings. The van der Waals surface area contributed by atoms with Gasteiger partial charge in [-0.3, -0.25) is 14.8 Å². The number of hydrogen-bond donors (Lipinski definition) is 2. The summed E-state index contributed by atoms with van der Waals surface area (Å²) >= 11 is 1.68. The molecule has 1 aliphatic rings. The highest BCUT2D eigenvalue weighted by atomic mass is 32.1. The molecule has 0 unspecified atom stereocenters. The summed E-state index contributed by atoms with van der Waals surface area (Å²) in [6.45, 7) is 1.34. The van der Waals surface area contributed by atoms with Crippen LogP contribution in [0, 0.1) is 0 Å². The molecular formula is C18H21N9OS. The Labute approximate surface area is 170 Å². The van der Waals surface area contributed by atoms with Gasteiger partial charge in [-0.2, -0.15) is 15.3 Å². The van der Waals surface area contributed by atoms with Crippen molar-refractivity contribution >= 4 is 33.6 Å². The van der Waals surface area contributed by atoms with Gasteiger partial charge in [-0.1, -0.05) is 0 Å². The number of fused-ring (bicyclic) bond motifs is 3. The first-order valence-corrected chi connectivity index (χ1v) is 10.00. The smallest absolute Gasteiger partial charge is 0.152 e. The number of hydrazone groups is 1. The van der Waals surface area contributed by atoms with Gasteiger partial charge < -0.3 is 15.0 Å². The molecule has 0 radical (unpaired) electrons. The second-order valence-corrected chi connectivity index (χ2v) is 8.11. The normalized spacial score (nSPS) is 14.3. The molecule has 0 aliphatic carbocycles. The van der Waals surface area contributed by atoms with Crippen LogP contribution in [0.4, 0.5) is 5.69 Å². The molecule has 0 saturated heterocycles. The van der Waals surface area contributed by atoms with Gasteiger partial charge in [0.2, 0.25) is 0 Å². The molecule has 10 nitrogen and oxygen atoms in total. The molecule has 5 rings (SSSR count). The lowest BCUT2D eigenvalue weighted by Crippen LogP contribution is -2.23. The fraction of sp³-hybridized carbons (Fsp3) is 0.333. The third-order valence-corrected chi connectivity index (χ3v) is 6.01. The quantitative estimate of drug-likeness (QED) is 0.527. The van der Waals surface area contributed by atoms with Gasteiger partial charge in [-0.25, -0.2) is 4.98 Å². The van der Waals surface area contributed by atoms with E-state index in [4.69, 9.17) is 15.5 Å². The number of ether oxygens (including phenoxy) is 1. The van der Waals surface area contributed by atoms with E-state index in [2.05, 4.69) is 25.0 Å². The molecule has 29 heavy (non-hydrogen) atoms. The van der Waals surface area contributed by atoms with E-state index in [9.17, 15) is 0 Å². The molecule has 4 aromatic rings. The lowest BCUT2D eigenvalue weighted by Gasteiger charge is -2.20. The molecule has 0 spiro atoms. The average Bonchev–Trinajstić information content (AvgIpc) is 3.41. The van der Waals surface area contributed by atoms with Gasteiger partial charge >= 0.3 is 0 Å². The first kappa shape index (κ1) is 17.9. The molecule has 0 atom stereocenters. The van der Waals surface area contributed by atoms with Gasteiger partial charge in [-0.05, 0) is 6.07 Å². The lowest BCUT2D eigenvalue weighted by molar-refractivity contribution is 0.0118. The fourth-order valence-electron chi connectivity index (χ4n) is 3.48. The summed E-state index contributed by atoms with van der Waals surface area (Å²) in [5, 5.41) is 18.9. The number of aryl methyl sites for hydroxylation is 2. The maximum absolute atomic E-state index is 6.02. The Hall–Kier alpha value is -3.18. The van der Waals surface area contributed by atoms with Gasteiger partial charge in [0.15, 0.2) is 5.65 Å². The highest BCUT2D eigenvalue weighted by Crippen LogP contribution is 2.31. The second kappa shape index (κ2) is 7.01. The van der Waals surface area contributed by atoms with Crippen molar-refractivity contribution in [3.8, 4) is 0 Å². The first-order valence-electron chi connectivity index (χ1n) is 9.18. The van der Waals surface area contributed by atoms with Gasteiger partial charge in [0.25, 0.3) is 0 Å². The van der Waals surface area contributed by atoms with Gasteiger partial charge in [0.1, 0.15) is 17.4 Å². The van der Waals surface area contributed by atoms with Crippen molar-refractivity contribution in [3.63, 3.8) is 0 Å². The summed E-state index contributed by atoms with van der Waals surface area (Å²) in [7, 11) is 3.87. The van der Waals surface area contributed by atoms with E-state index in [0.29, 0.717) is 25.6 Å². The van der Waals surface area contributed by atoms with E-state index in [1.165, 1.54) is 0 Å². The number of anilines is 1. The van der Waals surface area contributed by atoms with Crippen LogP contribution in [0.5, 0.6) is 0 Å². The van der Waals surface area contributed by atoms with E-state index in [1.54, 1.807) is 28.4 Å². The zero-order valence-electron chi connectivity index (χ0n) is 16.2. The number of nitrogens with zero attached hydrogens (tertiary/aromatic N) is 7. The number of nitrogens with one attached hydrogen (secondary N) is 1. The Kier molecular flexibility index (Phi) is 4.32. The van der Waals surface area contributed by atoms with Crippen LogP contribution in [0.2, 0.25) is 0 Å². The first-order chi connectivity index (χ1) is 14.1. The maximum atomic E-state index is 6.02. The number of aromatic amines is 1. The van der Waals surface area contributed by atoms with Crippen molar-refractivity contribution in [1.82, 2.24) is 34.5 Å². The Balaban J connectivity index is 1.46. The van der Waals surface area contributed by atoms with Crippen LogP contribution < -0.4 is 5.73 Å². The van der Waals surface area contributed by atoms with E-state index in [1.807, 2.05) is 31.4 Å². The zero-order valence-corrected chi connectivity index (χ0v) is 17.0. The minimum absolute atomic E-state index is 0.364. The van der Waals surface area contributed by atoms with Crippen molar-refractivity contribution in [1.29, 1.82) is 0 Å². The second-order valence-electron chi connectivity index (χ2n) is 7.03. The molecule has 0 saturated carbocycles. The van der Waals surface area contributed by atoms with Crippen molar-refractivity contribution in [3.05, 3.63) is 46.1 Å². The minimum Gasteiger partial charge on any atom is -0.396 e. The van der Waals surface area contributed by atoms with Crippen LogP contribution in [-0.2, 0) is 38.4 Å². The summed E-state index contributed by atoms with van der Waals surface area (Å²) in [6.07, 6.45) is 6.18. The third-order valence-electron chi connectivity index (χ3n) is 4.93. The molecule has 11 heteroatoms.